The van der Waals surface area contributed by atoms with E-state index in [9.17, 15) is 5.11 Å². The van der Waals surface area contributed by atoms with Crippen LogP contribution in [0.3, 0.4) is 0 Å². The largest absolute Gasteiger partial charge is 0.407 e. The second-order valence-corrected chi connectivity index (χ2v) is 4.76. The number of nitrogens with zero attached hydrogens (tertiary/aromatic N) is 1. The zero-order chi connectivity index (χ0) is 11.7. The van der Waals surface area contributed by atoms with Crippen molar-refractivity contribution in [3.63, 3.8) is 0 Å². The maximum Gasteiger partial charge on any atom is 0.334 e. The van der Waals surface area contributed by atoms with Crippen molar-refractivity contribution in [1.29, 1.82) is 0 Å². The van der Waals surface area contributed by atoms with Gasteiger partial charge in [0.25, 0.3) is 0 Å². The van der Waals surface area contributed by atoms with Crippen LogP contribution < -0.4 is 5.46 Å². The maximum absolute atomic E-state index is 9.49. The van der Waals surface area contributed by atoms with Crippen LogP contribution in [0.2, 0.25) is 0 Å². The number of benzene rings is 1. The van der Waals surface area contributed by atoms with Crippen LogP contribution in [0.4, 0.5) is 0 Å². The minimum Gasteiger partial charge on any atom is -0.407 e. The number of aliphatic hydroxyl groups is 1. The van der Waals surface area contributed by atoms with Crippen molar-refractivity contribution < 1.29 is 9.76 Å². The normalized spacial score (nSPS) is 17.6. The molecule has 3 rings (SSSR count). The van der Waals surface area contributed by atoms with Gasteiger partial charge >= 0.3 is 7.48 Å². The van der Waals surface area contributed by atoms with Crippen LogP contribution in [0.25, 0.3) is 0 Å². The molecule has 2 heterocycles. The van der Waals surface area contributed by atoms with Crippen molar-refractivity contribution in [3.05, 3.63) is 48.2 Å². The molecule has 0 amide bonds. The quantitative estimate of drug-likeness (QED) is 0.810. The Hall–Kier alpha value is -1.30. The first-order valence-electron chi connectivity index (χ1n) is 5.22. The fraction of sp³-hybridized carbons (Fsp3) is 0.0833. The number of rotatable bonds is 2. The number of pyridine rings is 1. The summed E-state index contributed by atoms with van der Waals surface area (Å²) in [4.78, 5) is 5.33. The van der Waals surface area contributed by atoms with Gasteiger partial charge in [-0.25, -0.2) is 4.98 Å². The summed E-state index contributed by atoms with van der Waals surface area (Å²) in [5, 5.41) is 10.4. The third-order valence-electron chi connectivity index (χ3n) is 2.51. The Bertz CT molecular complexity index is 535. The summed E-state index contributed by atoms with van der Waals surface area (Å²) in [7, 11) is 1.59. The van der Waals surface area contributed by atoms with Gasteiger partial charge in [0, 0.05) is 16.7 Å². The summed E-state index contributed by atoms with van der Waals surface area (Å²) >= 11 is 1.59. The van der Waals surface area contributed by atoms with Crippen LogP contribution in [-0.4, -0.2) is 17.6 Å². The second kappa shape index (κ2) is 4.53. The molecule has 0 saturated heterocycles. The number of hydrogen-bond donors (Lipinski definition) is 1. The van der Waals surface area contributed by atoms with E-state index >= 15 is 0 Å². The fourth-order valence-electron chi connectivity index (χ4n) is 1.68. The molecule has 1 N–H and O–H groups in total. The van der Waals surface area contributed by atoms with Gasteiger partial charge < -0.3 is 9.76 Å². The highest BCUT2D eigenvalue weighted by atomic mass is 32.2. The minimum atomic E-state index is -0.820. The molecule has 2 aromatic rings. The molecule has 0 spiro atoms. The summed E-state index contributed by atoms with van der Waals surface area (Å²) in [5.41, 5.74) is 1.74. The Kier molecular flexibility index (Phi) is 2.88. The molecular weight excluding hydrogens is 233 g/mol. The summed E-state index contributed by atoms with van der Waals surface area (Å²) in [5.74, 6) is 0. The van der Waals surface area contributed by atoms with Crippen LogP contribution >= 0.6 is 11.8 Å². The van der Waals surface area contributed by atoms with Crippen molar-refractivity contribution in [3.8, 4) is 0 Å². The SMILES string of the molecule is OC1O[B]c2cc(Sc3ccccn3)ccc21. The molecule has 1 aromatic heterocycles. The van der Waals surface area contributed by atoms with E-state index in [0.717, 1.165) is 20.9 Å². The van der Waals surface area contributed by atoms with Gasteiger partial charge in [0.1, 0.15) is 5.03 Å². The highest BCUT2D eigenvalue weighted by molar-refractivity contribution is 7.99. The van der Waals surface area contributed by atoms with Gasteiger partial charge in [-0.3, -0.25) is 0 Å². The average molecular weight is 242 g/mol. The monoisotopic (exact) mass is 242 g/mol. The van der Waals surface area contributed by atoms with Gasteiger partial charge in [0.2, 0.25) is 0 Å². The highest BCUT2D eigenvalue weighted by Crippen LogP contribution is 2.27. The summed E-state index contributed by atoms with van der Waals surface area (Å²) in [6, 6.07) is 11.7. The number of hydrogen-bond acceptors (Lipinski definition) is 4. The molecule has 1 aromatic carbocycles. The van der Waals surface area contributed by atoms with Crippen molar-refractivity contribution in [2.75, 3.05) is 0 Å². The van der Waals surface area contributed by atoms with Gasteiger partial charge in [-0.15, -0.1) is 0 Å². The molecule has 17 heavy (non-hydrogen) atoms. The van der Waals surface area contributed by atoms with E-state index in [2.05, 4.69) is 4.98 Å². The lowest BCUT2D eigenvalue weighted by Crippen LogP contribution is -2.11. The average Bonchev–Trinajstić information content (AvgIpc) is 2.72. The van der Waals surface area contributed by atoms with Crippen LogP contribution in [0.1, 0.15) is 11.9 Å². The molecule has 83 valence electrons. The topological polar surface area (TPSA) is 42.4 Å². The van der Waals surface area contributed by atoms with Gasteiger partial charge in [-0.2, -0.15) is 0 Å². The number of fused-ring (bicyclic) bond motifs is 1. The van der Waals surface area contributed by atoms with E-state index in [1.165, 1.54) is 0 Å². The summed E-state index contributed by atoms with van der Waals surface area (Å²) < 4.78 is 5.03. The molecular formula is C12H9BNO2S. The first-order chi connectivity index (χ1) is 8.33. The van der Waals surface area contributed by atoms with E-state index in [1.54, 1.807) is 25.4 Å². The Labute approximate surface area is 104 Å². The molecule has 1 unspecified atom stereocenters. The van der Waals surface area contributed by atoms with Crippen molar-refractivity contribution in [2.45, 2.75) is 16.2 Å². The molecule has 5 heteroatoms. The molecule has 0 fully saturated rings. The van der Waals surface area contributed by atoms with Gasteiger partial charge in [-0.1, -0.05) is 30.0 Å². The third-order valence-corrected chi connectivity index (χ3v) is 3.45. The highest BCUT2D eigenvalue weighted by Gasteiger charge is 2.22. The predicted molar refractivity (Wildman–Crippen MR) is 66.2 cm³/mol. The van der Waals surface area contributed by atoms with Crippen LogP contribution in [-0.2, 0) is 4.65 Å². The minimum absolute atomic E-state index is 0.815. The molecule has 0 saturated carbocycles. The molecule has 0 bridgehead atoms. The first-order valence-corrected chi connectivity index (χ1v) is 6.04. The smallest absolute Gasteiger partial charge is 0.334 e. The van der Waals surface area contributed by atoms with Gasteiger partial charge in [-0.05, 0) is 23.7 Å². The zero-order valence-electron chi connectivity index (χ0n) is 8.91. The number of aromatic nitrogens is 1. The zero-order valence-corrected chi connectivity index (χ0v) is 9.72. The second-order valence-electron chi connectivity index (χ2n) is 3.67. The third kappa shape index (κ3) is 2.22. The van der Waals surface area contributed by atoms with Gasteiger partial charge in [0.15, 0.2) is 6.29 Å². The predicted octanol–water partition coefficient (Wildman–Crippen LogP) is 1.50. The van der Waals surface area contributed by atoms with Crippen LogP contribution in [0, 0.1) is 0 Å². The van der Waals surface area contributed by atoms with Gasteiger partial charge in [0.05, 0.1) is 0 Å². The van der Waals surface area contributed by atoms with E-state index in [1.807, 2.05) is 36.4 Å². The van der Waals surface area contributed by atoms with Crippen molar-refractivity contribution in [1.82, 2.24) is 4.98 Å². The fourth-order valence-corrected chi connectivity index (χ4v) is 2.51. The molecule has 0 aliphatic carbocycles. The first kappa shape index (κ1) is 10.8. The lowest BCUT2D eigenvalue weighted by molar-refractivity contribution is -0.00795. The molecule has 1 atom stereocenters. The molecule has 1 aliphatic rings. The van der Waals surface area contributed by atoms with Crippen molar-refractivity contribution >= 4 is 24.7 Å². The van der Waals surface area contributed by atoms with E-state index in [4.69, 9.17) is 4.65 Å². The van der Waals surface area contributed by atoms with Crippen LogP contribution in [0.15, 0.2) is 52.5 Å². The Morgan fingerprint density at radius 2 is 2.24 bits per heavy atom. The molecule has 1 radical (unpaired) electrons. The standard InChI is InChI=1S/C12H9BNO2S/c15-12-9-5-4-8(7-10(9)13-16-12)17-11-3-1-2-6-14-11/h1-7,12,15H. The molecule has 3 nitrogen and oxygen atoms in total. The van der Waals surface area contributed by atoms with Crippen molar-refractivity contribution in [2.24, 2.45) is 0 Å². The summed E-state index contributed by atoms with van der Waals surface area (Å²) in [6.07, 6.45) is 0.952. The summed E-state index contributed by atoms with van der Waals surface area (Å²) in [6.45, 7) is 0. The lowest BCUT2D eigenvalue weighted by atomic mass is 9.87. The van der Waals surface area contributed by atoms with Crippen LogP contribution in [0.5, 0.6) is 0 Å². The maximum atomic E-state index is 9.49. The number of aliphatic hydroxyl groups excluding tert-OH is 1. The van der Waals surface area contributed by atoms with E-state index in [-0.39, 0.29) is 0 Å². The lowest BCUT2D eigenvalue weighted by Gasteiger charge is -2.05. The Morgan fingerprint density at radius 3 is 3.06 bits per heavy atom. The van der Waals surface area contributed by atoms with E-state index < -0.39 is 6.29 Å². The molecule has 1 aliphatic heterocycles. The Balaban J connectivity index is 1.86. The Morgan fingerprint density at radius 1 is 1.29 bits per heavy atom. The van der Waals surface area contributed by atoms with E-state index in [0.29, 0.717) is 0 Å².